The molecule has 2 aliphatic rings. The number of rotatable bonds is 5. The van der Waals surface area contributed by atoms with E-state index in [0.29, 0.717) is 34.4 Å². The number of carbonyl (C=O) groups excluding carboxylic acids is 1. The molecule has 0 atom stereocenters. The summed E-state index contributed by atoms with van der Waals surface area (Å²) in [4.78, 5) is 17.8. The van der Waals surface area contributed by atoms with Crippen molar-refractivity contribution >= 4 is 5.91 Å². The molecule has 1 saturated heterocycles. The Hall–Kier alpha value is -3.73. The van der Waals surface area contributed by atoms with Gasteiger partial charge in [-0.3, -0.25) is 9.78 Å². The number of aromatic amines is 1. The van der Waals surface area contributed by atoms with Crippen molar-refractivity contribution in [3.63, 3.8) is 0 Å². The molecule has 1 aliphatic carbocycles. The van der Waals surface area contributed by atoms with Gasteiger partial charge in [-0.25, -0.2) is 4.39 Å². The lowest BCUT2D eigenvalue weighted by molar-refractivity contribution is -0.0231. The summed E-state index contributed by atoms with van der Waals surface area (Å²) in [5.41, 5.74) is 2.72. The fraction of sp³-hybridized carbons (Fsp3) is 0.333. The lowest BCUT2D eigenvalue weighted by Gasteiger charge is -2.45. The molecule has 2 fully saturated rings. The van der Waals surface area contributed by atoms with E-state index >= 15 is 4.39 Å². The number of aryl methyl sites for hydroxylation is 1. The summed E-state index contributed by atoms with van der Waals surface area (Å²) >= 11 is 0. The molecule has 1 aromatic heterocycles. The van der Waals surface area contributed by atoms with Crippen LogP contribution >= 0.6 is 0 Å². The summed E-state index contributed by atoms with van der Waals surface area (Å²) in [6.07, 6.45) is 2.21. The van der Waals surface area contributed by atoms with Crippen LogP contribution in [0.2, 0.25) is 0 Å². The number of amides is 1. The summed E-state index contributed by atoms with van der Waals surface area (Å²) < 4.78 is 20.5. The zero-order valence-corrected chi connectivity index (χ0v) is 17.9. The van der Waals surface area contributed by atoms with Crippen LogP contribution in [0.25, 0.3) is 11.4 Å². The van der Waals surface area contributed by atoms with E-state index in [-0.39, 0.29) is 19.0 Å². The SMILES string of the molecule is COc1nnc(-c2cc(C(=O)N3CC(F)(c4ccc(C#N)cc4)C3)c(C)cc2C2CC2)[nH]1. The number of nitrogens with zero attached hydrogens (tertiary/aromatic N) is 4. The van der Waals surface area contributed by atoms with Gasteiger partial charge in [0.1, 0.15) is 0 Å². The number of alkyl halides is 1. The molecule has 5 rings (SSSR count). The van der Waals surface area contributed by atoms with Crippen molar-refractivity contribution in [2.45, 2.75) is 31.4 Å². The van der Waals surface area contributed by atoms with Gasteiger partial charge in [0.25, 0.3) is 5.91 Å². The molecule has 162 valence electrons. The van der Waals surface area contributed by atoms with Crippen molar-refractivity contribution in [1.82, 2.24) is 20.1 Å². The van der Waals surface area contributed by atoms with Gasteiger partial charge in [0.15, 0.2) is 11.5 Å². The summed E-state index contributed by atoms with van der Waals surface area (Å²) in [6.45, 7) is 1.87. The topological polar surface area (TPSA) is 94.9 Å². The first kappa shape index (κ1) is 20.2. The Morgan fingerprint density at radius 2 is 1.97 bits per heavy atom. The average molecular weight is 431 g/mol. The van der Waals surface area contributed by atoms with Gasteiger partial charge in [0, 0.05) is 11.1 Å². The second-order valence-electron chi connectivity index (χ2n) is 8.53. The van der Waals surface area contributed by atoms with Crippen molar-refractivity contribution in [2.24, 2.45) is 0 Å². The average Bonchev–Trinajstić information content (AvgIpc) is 3.53. The molecule has 0 bridgehead atoms. The molecule has 8 heteroatoms. The highest BCUT2D eigenvalue weighted by atomic mass is 19.1. The Kier molecular flexibility index (Phi) is 4.70. The molecular weight excluding hydrogens is 409 g/mol. The number of nitrogens with one attached hydrogen (secondary N) is 1. The minimum atomic E-state index is -1.60. The van der Waals surface area contributed by atoms with Gasteiger partial charge in [-0.2, -0.15) is 5.26 Å². The van der Waals surface area contributed by atoms with Crippen molar-refractivity contribution in [3.05, 3.63) is 64.2 Å². The van der Waals surface area contributed by atoms with Crippen molar-refractivity contribution in [2.75, 3.05) is 20.2 Å². The number of hydrogen-bond acceptors (Lipinski definition) is 5. The maximum atomic E-state index is 15.4. The van der Waals surface area contributed by atoms with Crippen molar-refractivity contribution in [1.29, 1.82) is 5.26 Å². The molecule has 1 saturated carbocycles. The van der Waals surface area contributed by atoms with E-state index in [1.165, 1.54) is 12.0 Å². The molecule has 0 radical (unpaired) electrons. The van der Waals surface area contributed by atoms with Crippen LogP contribution in [0.3, 0.4) is 0 Å². The Morgan fingerprint density at radius 1 is 1.25 bits per heavy atom. The summed E-state index contributed by atoms with van der Waals surface area (Å²) in [5, 5.41) is 17.1. The van der Waals surface area contributed by atoms with E-state index in [0.717, 1.165) is 29.5 Å². The summed E-state index contributed by atoms with van der Waals surface area (Å²) in [6, 6.07) is 12.6. The molecule has 1 N–H and O–H groups in total. The zero-order chi connectivity index (χ0) is 22.5. The van der Waals surface area contributed by atoms with Crippen molar-refractivity contribution < 1.29 is 13.9 Å². The Labute approximate surface area is 184 Å². The standard InChI is InChI=1S/C24H22FN5O2/c1-14-9-19(16-5-6-16)20(21-27-23(32-2)29-28-21)10-18(14)22(31)30-12-24(25,13-30)17-7-3-15(11-26)4-8-17/h3-4,7-10,16H,5-6,12-13H2,1-2H3,(H,27,28,29). The lowest BCUT2D eigenvalue weighted by Crippen LogP contribution is -2.58. The third-order valence-corrected chi connectivity index (χ3v) is 6.26. The number of aromatic nitrogens is 3. The van der Waals surface area contributed by atoms with E-state index in [1.807, 2.05) is 25.1 Å². The van der Waals surface area contributed by atoms with E-state index in [2.05, 4.69) is 15.2 Å². The number of H-pyrrole nitrogens is 1. The molecule has 1 amide bonds. The first-order valence-corrected chi connectivity index (χ1v) is 10.5. The smallest absolute Gasteiger partial charge is 0.314 e. The normalized spacial score (nSPS) is 16.9. The minimum absolute atomic E-state index is 0.0208. The summed E-state index contributed by atoms with van der Waals surface area (Å²) in [5.74, 6) is 0.793. The molecule has 2 heterocycles. The monoisotopic (exact) mass is 431 g/mol. The molecule has 0 unspecified atom stereocenters. The van der Waals surface area contributed by atoms with E-state index < -0.39 is 5.67 Å². The molecule has 3 aromatic rings. The van der Waals surface area contributed by atoms with Crippen LogP contribution in [-0.2, 0) is 5.67 Å². The molecular formula is C24H22FN5O2. The lowest BCUT2D eigenvalue weighted by atomic mass is 9.86. The predicted octanol–water partition coefficient (Wildman–Crippen LogP) is 3.86. The molecule has 32 heavy (non-hydrogen) atoms. The highest BCUT2D eigenvalue weighted by molar-refractivity contribution is 5.98. The second-order valence-corrected chi connectivity index (χ2v) is 8.53. The Balaban J connectivity index is 1.41. The summed E-state index contributed by atoms with van der Waals surface area (Å²) in [7, 11) is 1.51. The molecule has 2 aromatic carbocycles. The van der Waals surface area contributed by atoms with Crippen LogP contribution < -0.4 is 4.74 Å². The largest absolute Gasteiger partial charge is 0.467 e. The van der Waals surface area contributed by atoms with Crippen LogP contribution in [0.1, 0.15) is 51.4 Å². The van der Waals surface area contributed by atoms with E-state index in [9.17, 15) is 4.79 Å². The molecule has 1 aliphatic heterocycles. The number of halogens is 1. The Bertz CT molecular complexity index is 1230. The van der Waals surface area contributed by atoms with Gasteiger partial charge in [-0.05, 0) is 60.6 Å². The maximum Gasteiger partial charge on any atom is 0.314 e. The number of nitriles is 1. The fourth-order valence-corrected chi connectivity index (χ4v) is 4.26. The number of carbonyl (C=O) groups is 1. The number of methoxy groups -OCH3 is 1. The van der Waals surface area contributed by atoms with Crippen LogP contribution in [-0.4, -0.2) is 46.2 Å². The quantitative estimate of drug-likeness (QED) is 0.662. The van der Waals surface area contributed by atoms with Gasteiger partial charge >= 0.3 is 6.01 Å². The molecule has 0 spiro atoms. The number of likely N-dealkylation sites (tertiary alicyclic amines) is 1. The fourth-order valence-electron chi connectivity index (χ4n) is 4.26. The van der Waals surface area contributed by atoms with Gasteiger partial charge in [-0.1, -0.05) is 23.3 Å². The highest BCUT2D eigenvalue weighted by Gasteiger charge is 2.47. The maximum absolute atomic E-state index is 15.4. The third kappa shape index (κ3) is 3.40. The van der Waals surface area contributed by atoms with Crippen molar-refractivity contribution in [3.8, 4) is 23.5 Å². The predicted molar refractivity (Wildman–Crippen MR) is 115 cm³/mol. The first-order chi connectivity index (χ1) is 15.4. The van der Waals surface area contributed by atoms with Crippen LogP contribution in [0.4, 0.5) is 4.39 Å². The Morgan fingerprint density at radius 3 is 2.56 bits per heavy atom. The van der Waals surface area contributed by atoms with E-state index in [1.54, 1.807) is 24.3 Å². The number of benzene rings is 2. The third-order valence-electron chi connectivity index (χ3n) is 6.26. The van der Waals surface area contributed by atoms with Gasteiger partial charge in [0.2, 0.25) is 0 Å². The number of ether oxygens (including phenoxy) is 1. The van der Waals surface area contributed by atoms with E-state index in [4.69, 9.17) is 10.00 Å². The van der Waals surface area contributed by atoms with Crippen LogP contribution in [0, 0.1) is 18.3 Å². The second kappa shape index (κ2) is 7.45. The van der Waals surface area contributed by atoms with Gasteiger partial charge < -0.3 is 9.64 Å². The van der Waals surface area contributed by atoms with Gasteiger partial charge in [-0.15, -0.1) is 5.10 Å². The highest BCUT2D eigenvalue weighted by Crippen LogP contribution is 2.45. The molecule has 7 nitrogen and oxygen atoms in total. The van der Waals surface area contributed by atoms with Crippen LogP contribution in [0.15, 0.2) is 36.4 Å². The van der Waals surface area contributed by atoms with Crippen LogP contribution in [0.5, 0.6) is 6.01 Å². The van der Waals surface area contributed by atoms with Gasteiger partial charge in [0.05, 0.1) is 31.8 Å². The zero-order valence-electron chi connectivity index (χ0n) is 17.9. The minimum Gasteiger partial charge on any atom is -0.467 e. The number of hydrogen-bond donors (Lipinski definition) is 1. The first-order valence-electron chi connectivity index (χ1n) is 10.5.